The van der Waals surface area contributed by atoms with Gasteiger partial charge in [0.05, 0.1) is 17.4 Å². The molecule has 160 valence electrons. The number of aromatic nitrogens is 7. The Balaban J connectivity index is 1.29. The van der Waals surface area contributed by atoms with E-state index in [-0.39, 0.29) is 0 Å². The van der Waals surface area contributed by atoms with Gasteiger partial charge in [0.25, 0.3) is 0 Å². The van der Waals surface area contributed by atoms with Gasteiger partial charge in [0.2, 0.25) is 0 Å². The van der Waals surface area contributed by atoms with Crippen LogP contribution in [0.4, 0.5) is 0 Å². The van der Waals surface area contributed by atoms with Crippen LogP contribution in [0.15, 0.2) is 48.7 Å². The molecule has 1 aliphatic rings. The monoisotopic (exact) mass is 423 g/mol. The molecule has 0 aliphatic heterocycles. The summed E-state index contributed by atoms with van der Waals surface area (Å²) in [5.41, 5.74) is 8.06. The minimum Gasteiger partial charge on any atom is -0.282 e. The molecule has 0 amide bonds. The molecule has 3 heterocycles. The Bertz CT molecular complexity index is 1400. The highest BCUT2D eigenvalue weighted by Gasteiger charge is 2.29. The summed E-state index contributed by atoms with van der Waals surface area (Å²) < 4.78 is 1.90. The number of nitrogens with one attached hydrogen (secondary N) is 2. The average Bonchev–Trinajstić information content (AvgIpc) is 3.20. The highest BCUT2D eigenvalue weighted by Crippen LogP contribution is 2.45. The molecular weight excluding hydrogens is 398 g/mol. The third kappa shape index (κ3) is 3.30. The van der Waals surface area contributed by atoms with Crippen LogP contribution in [0.5, 0.6) is 0 Å². The van der Waals surface area contributed by atoms with Gasteiger partial charge in [0.1, 0.15) is 5.82 Å². The molecule has 0 spiro atoms. The standard InChI is InChI=1S/C25H25N7/c1-3-19-13-22(30-28-19)15-4-8-17(9-5-15)25-27-23(32(2)31-25)12-18-10-11-21-20(14-26-29-21)24(18)16-6-7-16/h4-5,8-11,13-14,16H,3,6-7,12H2,1-2H3,(H,26,29)(H,28,30). The molecule has 2 N–H and O–H groups in total. The number of aryl methyl sites for hydroxylation is 2. The van der Waals surface area contributed by atoms with Crippen molar-refractivity contribution in [1.82, 2.24) is 35.2 Å². The summed E-state index contributed by atoms with van der Waals surface area (Å²) in [6, 6.07) is 14.7. The molecule has 7 heteroatoms. The molecule has 7 nitrogen and oxygen atoms in total. The van der Waals surface area contributed by atoms with Crippen LogP contribution in [0.2, 0.25) is 0 Å². The fourth-order valence-electron chi connectivity index (χ4n) is 4.44. The van der Waals surface area contributed by atoms with E-state index in [9.17, 15) is 0 Å². The number of rotatable bonds is 6. The van der Waals surface area contributed by atoms with Crippen LogP contribution in [0, 0.1) is 0 Å². The van der Waals surface area contributed by atoms with E-state index in [2.05, 4.69) is 69.8 Å². The van der Waals surface area contributed by atoms with Crippen molar-refractivity contribution in [2.24, 2.45) is 7.05 Å². The lowest BCUT2D eigenvalue weighted by atomic mass is 9.96. The van der Waals surface area contributed by atoms with Gasteiger partial charge < -0.3 is 0 Å². The first-order valence-corrected chi connectivity index (χ1v) is 11.2. The van der Waals surface area contributed by atoms with Gasteiger partial charge in [-0.25, -0.2) is 4.98 Å². The van der Waals surface area contributed by atoms with E-state index in [1.54, 1.807) is 0 Å². The number of hydrogen-bond acceptors (Lipinski definition) is 4. The van der Waals surface area contributed by atoms with Crippen molar-refractivity contribution < 1.29 is 0 Å². The maximum atomic E-state index is 4.89. The lowest BCUT2D eigenvalue weighted by Crippen LogP contribution is -2.03. The van der Waals surface area contributed by atoms with E-state index >= 15 is 0 Å². The molecule has 2 aromatic carbocycles. The summed E-state index contributed by atoms with van der Waals surface area (Å²) in [6.45, 7) is 2.12. The van der Waals surface area contributed by atoms with Crippen LogP contribution in [-0.4, -0.2) is 35.2 Å². The maximum absolute atomic E-state index is 4.89. The quantitative estimate of drug-likeness (QED) is 0.411. The van der Waals surface area contributed by atoms with E-state index in [4.69, 9.17) is 10.1 Å². The Morgan fingerprint density at radius 1 is 1.03 bits per heavy atom. The Kier molecular flexibility index (Phi) is 4.41. The van der Waals surface area contributed by atoms with Crippen LogP contribution in [-0.2, 0) is 19.9 Å². The van der Waals surface area contributed by atoms with E-state index < -0.39 is 0 Å². The van der Waals surface area contributed by atoms with Gasteiger partial charge in [-0.3, -0.25) is 14.9 Å². The highest BCUT2D eigenvalue weighted by molar-refractivity contribution is 5.84. The fraction of sp³-hybridized carbons (Fsp3) is 0.280. The molecule has 1 saturated carbocycles. The van der Waals surface area contributed by atoms with Gasteiger partial charge in [-0.15, -0.1) is 0 Å². The Labute approximate surface area is 185 Å². The molecular formula is C25H25N7. The molecule has 0 saturated heterocycles. The van der Waals surface area contributed by atoms with Crippen molar-refractivity contribution >= 4 is 10.9 Å². The summed E-state index contributed by atoms with van der Waals surface area (Å²) >= 11 is 0. The van der Waals surface area contributed by atoms with Gasteiger partial charge >= 0.3 is 0 Å². The first-order chi connectivity index (χ1) is 15.7. The third-order valence-corrected chi connectivity index (χ3v) is 6.39. The Hall–Kier alpha value is -3.74. The lowest BCUT2D eigenvalue weighted by Gasteiger charge is -2.09. The van der Waals surface area contributed by atoms with Crippen molar-refractivity contribution in [2.75, 3.05) is 0 Å². The second kappa shape index (κ2) is 7.44. The van der Waals surface area contributed by atoms with E-state index in [0.717, 1.165) is 52.5 Å². The van der Waals surface area contributed by atoms with Crippen molar-refractivity contribution in [1.29, 1.82) is 0 Å². The Morgan fingerprint density at radius 3 is 2.59 bits per heavy atom. The molecule has 1 fully saturated rings. The topological polar surface area (TPSA) is 88.1 Å². The number of fused-ring (bicyclic) bond motifs is 1. The SMILES string of the molecule is CCc1cc(-c2ccc(-c3nc(Cc4ccc5[nH]ncc5c4C4CC4)n(C)n3)cc2)n[nH]1. The van der Waals surface area contributed by atoms with Crippen LogP contribution in [0.1, 0.15) is 48.3 Å². The smallest absolute Gasteiger partial charge is 0.181 e. The number of aromatic amines is 2. The summed E-state index contributed by atoms with van der Waals surface area (Å²) in [5.74, 6) is 2.36. The first-order valence-electron chi connectivity index (χ1n) is 11.2. The number of hydrogen-bond donors (Lipinski definition) is 2. The molecule has 6 rings (SSSR count). The largest absolute Gasteiger partial charge is 0.282 e. The van der Waals surface area contributed by atoms with Crippen molar-refractivity contribution in [3.8, 4) is 22.6 Å². The number of H-pyrrole nitrogens is 2. The second-order valence-electron chi connectivity index (χ2n) is 8.61. The van der Waals surface area contributed by atoms with Crippen molar-refractivity contribution in [3.63, 3.8) is 0 Å². The third-order valence-electron chi connectivity index (χ3n) is 6.39. The van der Waals surface area contributed by atoms with E-state index in [1.807, 2.05) is 17.9 Å². The average molecular weight is 424 g/mol. The molecule has 0 radical (unpaired) electrons. The van der Waals surface area contributed by atoms with Gasteiger partial charge in [0.15, 0.2) is 5.82 Å². The molecule has 5 aromatic rings. The van der Waals surface area contributed by atoms with Gasteiger partial charge in [0, 0.05) is 35.7 Å². The van der Waals surface area contributed by atoms with E-state index in [0.29, 0.717) is 5.92 Å². The molecule has 32 heavy (non-hydrogen) atoms. The molecule has 3 aromatic heterocycles. The van der Waals surface area contributed by atoms with Crippen LogP contribution < -0.4 is 0 Å². The zero-order chi connectivity index (χ0) is 21.7. The van der Waals surface area contributed by atoms with Crippen molar-refractivity contribution in [3.05, 3.63) is 71.3 Å². The van der Waals surface area contributed by atoms with Crippen LogP contribution in [0.3, 0.4) is 0 Å². The summed E-state index contributed by atoms with van der Waals surface area (Å²) in [5, 5.41) is 20.8. The van der Waals surface area contributed by atoms with Gasteiger partial charge in [-0.05, 0) is 48.4 Å². The molecule has 0 atom stereocenters. The Morgan fingerprint density at radius 2 is 1.84 bits per heavy atom. The minimum atomic E-state index is 0.641. The highest BCUT2D eigenvalue weighted by atomic mass is 15.3. The molecule has 0 bridgehead atoms. The fourth-order valence-corrected chi connectivity index (χ4v) is 4.44. The van der Waals surface area contributed by atoms with Crippen LogP contribution >= 0.6 is 0 Å². The minimum absolute atomic E-state index is 0.641. The van der Waals surface area contributed by atoms with Crippen molar-refractivity contribution in [2.45, 2.75) is 38.5 Å². The van der Waals surface area contributed by atoms with E-state index in [1.165, 1.54) is 29.4 Å². The number of benzene rings is 2. The maximum Gasteiger partial charge on any atom is 0.181 e. The summed E-state index contributed by atoms with van der Waals surface area (Å²) in [4.78, 5) is 4.89. The predicted molar refractivity (Wildman–Crippen MR) is 124 cm³/mol. The van der Waals surface area contributed by atoms with Crippen LogP contribution in [0.25, 0.3) is 33.5 Å². The first kappa shape index (κ1) is 19.0. The summed E-state index contributed by atoms with van der Waals surface area (Å²) in [7, 11) is 1.98. The molecule has 0 unspecified atom stereocenters. The number of nitrogens with zero attached hydrogens (tertiary/aromatic N) is 5. The normalized spacial score (nSPS) is 13.8. The zero-order valence-corrected chi connectivity index (χ0v) is 18.3. The lowest BCUT2D eigenvalue weighted by molar-refractivity contribution is 0.716. The predicted octanol–water partition coefficient (Wildman–Crippen LogP) is 4.78. The van der Waals surface area contributed by atoms with Gasteiger partial charge in [-0.2, -0.15) is 15.3 Å². The summed E-state index contributed by atoms with van der Waals surface area (Å²) in [6.07, 6.45) is 6.18. The van der Waals surface area contributed by atoms with Gasteiger partial charge in [-0.1, -0.05) is 37.3 Å². The molecule has 1 aliphatic carbocycles. The zero-order valence-electron chi connectivity index (χ0n) is 18.3. The second-order valence-corrected chi connectivity index (χ2v) is 8.61.